The van der Waals surface area contributed by atoms with Gasteiger partial charge in [-0.05, 0) is 44.9 Å². The highest BCUT2D eigenvalue weighted by molar-refractivity contribution is 6.00. The van der Waals surface area contributed by atoms with Gasteiger partial charge in [-0.1, -0.05) is 0 Å². The molecule has 0 radical (unpaired) electrons. The number of halogens is 4. The first kappa shape index (κ1) is 19.9. The number of aliphatic imine (C=N–C) groups is 1. The molecule has 0 saturated heterocycles. The minimum Gasteiger partial charge on any atom is -0.482 e. The van der Waals surface area contributed by atoms with Gasteiger partial charge in [-0.15, -0.1) is 0 Å². The van der Waals surface area contributed by atoms with E-state index in [2.05, 4.69) is 9.98 Å². The third-order valence-electron chi connectivity index (χ3n) is 5.77. The van der Waals surface area contributed by atoms with E-state index >= 15 is 0 Å². The lowest BCUT2D eigenvalue weighted by atomic mass is 9.77. The molecular weight excluding hydrogens is 388 g/mol. The molecule has 4 nitrogen and oxygen atoms in total. The predicted octanol–water partition coefficient (Wildman–Crippen LogP) is 4.44. The molecule has 0 fully saturated rings. The van der Waals surface area contributed by atoms with Crippen molar-refractivity contribution in [3.63, 3.8) is 0 Å². The van der Waals surface area contributed by atoms with Gasteiger partial charge >= 0.3 is 6.18 Å². The molecule has 2 aliphatic rings. The summed E-state index contributed by atoms with van der Waals surface area (Å²) in [5.41, 5.74) is -1.19. The first-order chi connectivity index (χ1) is 13.5. The van der Waals surface area contributed by atoms with Crippen LogP contribution in [-0.4, -0.2) is 34.1 Å². The Balaban J connectivity index is 1.63. The summed E-state index contributed by atoms with van der Waals surface area (Å²) < 4.78 is 60.6. The number of aromatic nitrogens is 1. The zero-order chi connectivity index (χ0) is 21.0. The van der Waals surface area contributed by atoms with Crippen LogP contribution in [-0.2, 0) is 18.4 Å². The molecule has 2 aliphatic heterocycles. The number of hydrogen-bond acceptors (Lipinski definition) is 3. The fraction of sp³-hybridized carbons (Fsp3) is 0.476. The summed E-state index contributed by atoms with van der Waals surface area (Å²) >= 11 is 0. The largest absolute Gasteiger partial charge is 0.482 e. The Morgan fingerprint density at radius 2 is 2.03 bits per heavy atom. The zero-order valence-electron chi connectivity index (χ0n) is 16.2. The number of benzene rings is 1. The molecule has 0 spiro atoms. The number of aromatic amines is 1. The first-order valence-electron chi connectivity index (χ1n) is 9.51. The molecular formula is C21H22F4N2O2. The van der Waals surface area contributed by atoms with Crippen molar-refractivity contribution in [1.82, 2.24) is 4.98 Å². The van der Waals surface area contributed by atoms with Crippen molar-refractivity contribution >= 4 is 5.71 Å². The number of nitrogens with one attached hydrogen (secondary N) is 1. The molecule has 0 amide bonds. The molecule has 0 aliphatic carbocycles. The normalized spacial score (nSPS) is 23.1. The molecule has 1 aromatic heterocycles. The van der Waals surface area contributed by atoms with Crippen molar-refractivity contribution in [2.75, 3.05) is 6.54 Å². The van der Waals surface area contributed by atoms with Crippen molar-refractivity contribution in [2.24, 2.45) is 4.99 Å². The lowest BCUT2D eigenvalue weighted by Gasteiger charge is -2.46. The number of H-pyrrole nitrogens is 1. The highest BCUT2D eigenvalue weighted by Crippen LogP contribution is 2.51. The van der Waals surface area contributed by atoms with Crippen LogP contribution in [0.15, 0.2) is 29.3 Å². The minimum absolute atomic E-state index is 0.204. The van der Waals surface area contributed by atoms with E-state index < -0.39 is 36.0 Å². The maximum absolute atomic E-state index is 13.9. The smallest absolute Gasteiger partial charge is 0.417 e. The van der Waals surface area contributed by atoms with E-state index in [0.717, 1.165) is 29.5 Å². The van der Waals surface area contributed by atoms with Crippen molar-refractivity contribution in [1.29, 1.82) is 0 Å². The number of alkyl halides is 3. The monoisotopic (exact) mass is 410 g/mol. The Morgan fingerprint density at radius 3 is 2.72 bits per heavy atom. The second-order valence-corrected chi connectivity index (χ2v) is 8.11. The van der Waals surface area contributed by atoms with Crippen LogP contribution in [0.5, 0.6) is 5.75 Å². The van der Waals surface area contributed by atoms with Gasteiger partial charge < -0.3 is 14.8 Å². The summed E-state index contributed by atoms with van der Waals surface area (Å²) in [7, 11) is 0. The third-order valence-corrected chi connectivity index (χ3v) is 5.77. The van der Waals surface area contributed by atoms with Crippen LogP contribution in [0.2, 0.25) is 0 Å². The van der Waals surface area contributed by atoms with Gasteiger partial charge in [0.25, 0.3) is 0 Å². The molecule has 4 rings (SSSR count). The van der Waals surface area contributed by atoms with Gasteiger partial charge in [0.05, 0.1) is 0 Å². The molecule has 2 unspecified atom stereocenters. The van der Waals surface area contributed by atoms with Gasteiger partial charge in [-0.3, -0.25) is 4.99 Å². The topological polar surface area (TPSA) is 57.6 Å². The average Bonchev–Trinajstić information content (AvgIpc) is 2.91. The van der Waals surface area contributed by atoms with E-state index in [1.165, 1.54) is 19.1 Å². The Kier molecular flexibility index (Phi) is 4.53. The SMILES string of the molecule is CC1=NCCCc2[nH]c(CC(O)(CC3(C)Oc4cc(F)ccc43)C(F)(F)F)cc21. The fourth-order valence-electron chi connectivity index (χ4n) is 4.30. The summed E-state index contributed by atoms with van der Waals surface area (Å²) in [6.45, 7) is 3.99. The zero-order valence-corrected chi connectivity index (χ0v) is 16.2. The maximum atomic E-state index is 13.9. The molecule has 29 heavy (non-hydrogen) atoms. The van der Waals surface area contributed by atoms with Crippen LogP contribution in [0, 0.1) is 5.82 Å². The van der Waals surface area contributed by atoms with E-state index in [-0.39, 0.29) is 5.75 Å². The molecule has 156 valence electrons. The predicted molar refractivity (Wildman–Crippen MR) is 99.9 cm³/mol. The van der Waals surface area contributed by atoms with E-state index in [1.54, 1.807) is 6.07 Å². The van der Waals surface area contributed by atoms with Crippen LogP contribution in [0.3, 0.4) is 0 Å². The summed E-state index contributed by atoms with van der Waals surface area (Å²) in [4.78, 5) is 7.45. The maximum Gasteiger partial charge on any atom is 0.417 e. The number of rotatable bonds is 4. The van der Waals surface area contributed by atoms with E-state index in [1.807, 2.05) is 6.92 Å². The van der Waals surface area contributed by atoms with E-state index in [0.29, 0.717) is 24.2 Å². The molecule has 0 bridgehead atoms. The molecule has 1 aromatic carbocycles. The van der Waals surface area contributed by atoms with Gasteiger partial charge in [-0.2, -0.15) is 13.2 Å². The van der Waals surface area contributed by atoms with Crippen molar-refractivity contribution in [3.05, 3.63) is 52.6 Å². The van der Waals surface area contributed by atoms with Gasteiger partial charge in [0, 0.05) is 53.7 Å². The summed E-state index contributed by atoms with van der Waals surface area (Å²) in [6, 6.07) is 5.36. The first-order valence-corrected chi connectivity index (χ1v) is 9.51. The minimum atomic E-state index is -4.87. The number of aliphatic hydroxyl groups is 1. The number of nitrogens with zero attached hydrogens (tertiary/aromatic N) is 1. The highest BCUT2D eigenvalue weighted by atomic mass is 19.4. The molecule has 8 heteroatoms. The van der Waals surface area contributed by atoms with Crippen molar-refractivity contribution in [2.45, 2.75) is 56.9 Å². The summed E-state index contributed by atoms with van der Waals surface area (Å²) in [6.07, 6.45) is -4.70. The van der Waals surface area contributed by atoms with Crippen LogP contribution >= 0.6 is 0 Å². The van der Waals surface area contributed by atoms with Crippen LogP contribution in [0.4, 0.5) is 17.6 Å². The third kappa shape index (κ3) is 3.43. The van der Waals surface area contributed by atoms with Crippen molar-refractivity contribution < 1.29 is 27.4 Å². The van der Waals surface area contributed by atoms with Gasteiger partial charge in [-0.25, -0.2) is 4.39 Å². The second-order valence-electron chi connectivity index (χ2n) is 8.11. The average molecular weight is 410 g/mol. The Bertz CT molecular complexity index is 982. The standard InChI is InChI=1S/C21H22F4N2O2/c1-12-15-9-14(27-17(15)4-3-7-26-12)10-20(28,21(23,24)25)11-19(2)16-6-5-13(22)8-18(16)29-19/h5-6,8-9,27-28H,3-4,7,10-11H2,1-2H3. The highest BCUT2D eigenvalue weighted by Gasteiger charge is 2.59. The summed E-state index contributed by atoms with van der Waals surface area (Å²) in [5.74, 6) is -0.322. The number of aryl methyl sites for hydroxylation is 1. The molecule has 2 atom stereocenters. The number of fused-ring (bicyclic) bond motifs is 2. The molecule has 3 heterocycles. The quantitative estimate of drug-likeness (QED) is 0.732. The van der Waals surface area contributed by atoms with Crippen LogP contribution in [0.25, 0.3) is 0 Å². The lowest BCUT2D eigenvalue weighted by Crippen LogP contribution is -2.54. The summed E-state index contributed by atoms with van der Waals surface area (Å²) in [5, 5.41) is 10.7. The molecule has 0 saturated carbocycles. The lowest BCUT2D eigenvalue weighted by molar-refractivity contribution is -0.276. The van der Waals surface area contributed by atoms with Gasteiger partial charge in [0.1, 0.15) is 17.2 Å². The van der Waals surface area contributed by atoms with Crippen LogP contribution < -0.4 is 4.74 Å². The molecule has 2 N–H and O–H groups in total. The van der Waals surface area contributed by atoms with E-state index in [4.69, 9.17) is 4.74 Å². The van der Waals surface area contributed by atoms with Crippen LogP contribution in [0.1, 0.15) is 49.2 Å². The number of ether oxygens (including phenoxy) is 1. The van der Waals surface area contributed by atoms with Gasteiger partial charge in [0.15, 0.2) is 5.60 Å². The van der Waals surface area contributed by atoms with Crippen molar-refractivity contribution in [3.8, 4) is 5.75 Å². The Morgan fingerprint density at radius 1 is 1.28 bits per heavy atom. The van der Waals surface area contributed by atoms with E-state index in [9.17, 15) is 22.7 Å². The fourth-order valence-corrected chi connectivity index (χ4v) is 4.30. The Hall–Kier alpha value is -2.35. The van der Waals surface area contributed by atoms with Gasteiger partial charge in [0.2, 0.25) is 0 Å². The Labute approximate surface area is 165 Å². The second kappa shape index (κ2) is 6.58. The molecule has 2 aromatic rings. The number of hydrogen-bond donors (Lipinski definition) is 2.